The summed E-state index contributed by atoms with van der Waals surface area (Å²) >= 11 is 0. The van der Waals surface area contributed by atoms with E-state index in [4.69, 9.17) is 10.2 Å². The molecule has 1 heterocycles. The molecular formula is C15H24N4O2. The molecule has 0 bridgehead atoms. The molecule has 0 unspecified atom stereocenters. The summed E-state index contributed by atoms with van der Waals surface area (Å²) in [5.41, 5.74) is 8.52. The summed E-state index contributed by atoms with van der Waals surface area (Å²) in [5.74, 6) is -0.460. The van der Waals surface area contributed by atoms with E-state index in [1.54, 1.807) is 6.07 Å². The number of oxazole rings is 1. The van der Waals surface area contributed by atoms with Gasteiger partial charge in [0.2, 0.25) is 0 Å². The number of unbranched alkanes of at least 4 members (excludes halogenated alkanes) is 1. The number of nitrogens with zero attached hydrogens (tertiary/aromatic N) is 1. The van der Waals surface area contributed by atoms with Gasteiger partial charge in [-0.1, -0.05) is 0 Å². The number of H-pyrrole nitrogens is 1. The molecule has 0 aliphatic heterocycles. The molecule has 2 aromatic rings. The number of anilines is 2. The van der Waals surface area contributed by atoms with E-state index in [0.717, 1.165) is 31.6 Å². The van der Waals surface area contributed by atoms with E-state index in [2.05, 4.69) is 36.1 Å². The number of nitrogens with one attached hydrogen (secondary N) is 2. The van der Waals surface area contributed by atoms with Crippen molar-refractivity contribution in [3.8, 4) is 0 Å². The van der Waals surface area contributed by atoms with Gasteiger partial charge in [-0.25, -0.2) is 4.79 Å². The third-order valence-corrected chi connectivity index (χ3v) is 3.73. The Kier molecular flexibility index (Phi) is 4.90. The van der Waals surface area contributed by atoms with Crippen LogP contribution in [-0.2, 0) is 0 Å². The van der Waals surface area contributed by atoms with Gasteiger partial charge in [0.15, 0.2) is 5.58 Å². The topological polar surface area (TPSA) is 87.3 Å². The van der Waals surface area contributed by atoms with E-state index >= 15 is 0 Å². The molecular weight excluding hydrogens is 268 g/mol. The molecule has 0 fully saturated rings. The lowest BCUT2D eigenvalue weighted by atomic mass is 10.2. The van der Waals surface area contributed by atoms with E-state index in [-0.39, 0.29) is 0 Å². The van der Waals surface area contributed by atoms with Gasteiger partial charge < -0.3 is 20.4 Å². The van der Waals surface area contributed by atoms with E-state index in [9.17, 15) is 4.79 Å². The number of aromatic nitrogens is 1. The average molecular weight is 292 g/mol. The Hall–Kier alpha value is -1.95. The molecule has 0 saturated carbocycles. The highest BCUT2D eigenvalue weighted by molar-refractivity contribution is 5.85. The fourth-order valence-electron chi connectivity index (χ4n) is 2.13. The van der Waals surface area contributed by atoms with Crippen molar-refractivity contribution in [2.45, 2.75) is 32.7 Å². The predicted octanol–water partition coefficient (Wildman–Crippen LogP) is 2.24. The first-order valence-corrected chi connectivity index (χ1v) is 7.34. The van der Waals surface area contributed by atoms with Crippen LogP contribution in [0.4, 0.5) is 11.4 Å². The summed E-state index contributed by atoms with van der Waals surface area (Å²) in [7, 11) is 2.14. The molecule has 6 nitrogen and oxygen atoms in total. The monoisotopic (exact) mass is 292 g/mol. The molecule has 1 aromatic heterocycles. The maximum atomic E-state index is 11.1. The van der Waals surface area contributed by atoms with E-state index < -0.39 is 5.76 Å². The number of benzene rings is 1. The molecule has 1 aromatic carbocycles. The van der Waals surface area contributed by atoms with Gasteiger partial charge in [0.25, 0.3) is 0 Å². The molecule has 21 heavy (non-hydrogen) atoms. The van der Waals surface area contributed by atoms with Crippen molar-refractivity contribution in [2.24, 2.45) is 0 Å². The first-order chi connectivity index (χ1) is 9.97. The fraction of sp³-hybridized carbons (Fsp3) is 0.533. The van der Waals surface area contributed by atoms with Crippen molar-refractivity contribution in [3.05, 3.63) is 22.7 Å². The lowest BCUT2D eigenvalue weighted by Gasteiger charge is -2.20. The van der Waals surface area contributed by atoms with E-state index in [0.29, 0.717) is 22.8 Å². The highest BCUT2D eigenvalue weighted by Gasteiger charge is 2.06. The van der Waals surface area contributed by atoms with Crippen molar-refractivity contribution in [2.75, 3.05) is 31.2 Å². The van der Waals surface area contributed by atoms with E-state index in [1.807, 2.05) is 6.07 Å². The second-order valence-electron chi connectivity index (χ2n) is 5.66. The van der Waals surface area contributed by atoms with Gasteiger partial charge in [0.05, 0.1) is 16.9 Å². The van der Waals surface area contributed by atoms with Crippen molar-refractivity contribution in [3.63, 3.8) is 0 Å². The number of rotatable bonds is 7. The smallest absolute Gasteiger partial charge is 0.408 e. The van der Waals surface area contributed by atoms with Crippen LogP contribution in [0.25, 0.3) is 11.1 Å². The van der Waals surface area contributed by atoms with Gasteiger partial charge >= 0.3 is 5.76 Å². The summed E-state index contributed by atoms with van der Waals surface area (Å²) in [5, 5.41) is 3.31. The zero-order chi connectivity index (χ0) is 15.4. The van der Waals surface area contributed by atoms with Crippen molar-refractivity contribution in [1.29, 1.82) is 0 Å². The molecule has 116 valence electrons. The number of nitrogens with two attached hydrogens (primary N) is 1. The third kappa shape index (κ3) is 4.01. The lowest BCUT2D eigenvalue weighted by molar-refractivity contribution is 0.269. The van der Waals surface area contributed by atoms with Gasteiger partial charge in [-0.15, -0.1) is 0 Å². The molecule has 0 spiro atoms. The zero-order valence-electron chi connectivity index (χ0n) is 12.9. The molecule has 0 radical (unpaired) electrons. The van der Waals surface area contributed by atoms with Crippen LogP contribution in [0, 0.1) is 0 Å². The maximum Gasteiger partial charge on any atom is 0.417 e. The molecule has 4 N–H and O–H groups in total. The Morgan fingerprint density at radius 1 is 1.38 bits per heavy atom. The van der Waals surface area contributed by atoms with Crippen LogP contribution in [0.3, 0.4) is 0 Å². The first kappa shape index (κ1) is 15.4. The van der Waals surface area contributed by atoms with Crippen LogP contribution in [-0.4, -0.2) is 36.1 Å². The minimum atomic E-state index is -0.460. The van der Waals surface area contributed by atoms with Crippen LogP contribution in [0.1, 0.15) is 26.7 Å². The van der Waals surface area contributed by atoms with Crippen LogP contribution >= 0.6 is 0 Å². The number of fused-ring (bicyclic) bond motifs is 1. The minimum Gasteiger partial charge on any atom is -0.408 e. The van der Waals surface area contributed by atoms with Gasteiger partial charge in [-0.3, -0.25) is 4.98 Å². The molecule has 2 rings (SSSR count). The van der Waals surface area contributed by atoms with Crippen LogP contribution in [0.2, 0.25) is 0 Å². The summed E-state index contributed by atoms with van der Waals surface area (Å²) in [6.07, 6.45) is 2.20. The number of hydrogen-bond donors (Lipinski definition) is 3. The second-order valence-corrected chi connectivity index (χ2v) is 5.66. The fourth-order valence-corrected chi connectivity index (χ4v) is 2.13. The largest absolute Gasteiger partial charge is 0.417 e. The standard InChI is InChI=1S/C15H24N4O2/c1-10(2)19(3)7-5-4-6-17-12-9-13-14(8-11(12)16)21-15(20)18-13/h8-10,17H,4-7,16H2,1-3H3,(H,18,20). The quantitative estimate of drug-likeness (QED) is 0.538. The van der Waals surface area contributed by atoms with Gasteiger partial charge in [0.1, 0.15) is 0 Å². The van der Waals surface area contributed by atoms with Crippen LogP contribution in [0.15, 0.2) is 21.3 Å². The van der Waals surface area contributed by atoms with Crippen LogP contribution < -0.4 is 16.8 Å². The van der Waals surface area contributed by atoms with Gasteiger partial charge in [-0.05, 0) is 46.3 Å². The average Bonchev–Trinajstić information content (AvgIpc) is 2.77. The highest BCUT2D eigenvalue weighted by Crippen LogP contribution is 2.24. The minimum absolute atomic E-state index is 0.460. The third-order valence-electron chi connectivity index (χ3n) is 3.73. The Labute approximate surface area is 124 Å². The Morgan fingerprint density at radius 2 is 2.14 bits per heavy atom. The highest BCUT2D eigenvalue weighted by atomic mass is 16.4. The summed E-state index contributed by atoms with van der Waals surface area (Å²) in [6.45, 7) is 6.33. The SMILES string of the molecule is CC(C)N(C)CCCCNc1cc2[nH]c(=O)oc2cc1N. The Bertz CT molecular complexity index is 645. The summed E-state index contributed by atoms with van der Waals surface area (Å²) < 4.78 is 4.97. The molecule has 0 aliphatic rings. The lowest BCUT2D eigenvalue weighted by Crippen LogP contribution is -2.27. The number of aromatic amines is 1. The molecule has 6 heteroatoms. The van der Waals surface area contributed by atoms with Crippen molar-refractivity contribution >= 4 is 22.5 Å². The number of hydrogen-bond acceptors (Lipinski definition) is 5. The first-order valence-electron chi connectivity index (χ1n) is 7.34. The summed E-state index contributed by atoms with van der Waals surface area (Å²) in [6, 6.07) is 4.06. The maximum absolute atomic E-state index is 11.1. The number of nitrogen functional groups attached to an aromatic ring is 1. The van der Waals surface area contributed by atoms with Crippen LogP contribution in [0.5, 0.6) is 0 Å². The normalized spacial score (nSPS) is 11.7. The zero-order valence-corrected chi connectivity index (χ0v) is 12.9. The summed E-state index contributed by atoms with van der Waals surface area (Å²) in [4.78, 5) is 16.1. The van der Waals surface area contributed by atoms with Crippen molar-refractivity contribution < 1.29 is 4.42 Å². The predicted molar refractivity (Wildman–Crippen MR) is 86.7 cm³/mol. The molecule has 0 saturated heterocycles. The van der Waals surface area contributed by atoms with Gasteiger partial charge in [-0.2, -0.15) is 0 Å². The second kappa shape index (κ2) is 6.67. The molecule has 0 atom stereocenters. The van der Waals surface area contributed by atoms with E-state index in [1.165, 1.54) is 0 Å². The van der Waals surface area contributed by atoms with Gasteiger partial charge in [0, 0.05) is 18.7 Å². The Morgan fingerprint density at radius 3 is 2.86 bits per heavy atom. The molecule has 0 amide bonds. The molecule has 0 aliphatic carbocycles. The van der Waals surface area contributed by atoms with Crippen molar-refractivity contribution in [1.82, 2.24) is 9.88 Å². The Balaban J connectivity index is 1.86.